The van der Waals surface area contributed by atoms with Crippen LogP contribution in [0.5, 0.6) is 11.5 Å². The normalized spacial score (nSPS) is 17.9. The van der Waals surface area contributed by atoms with E-state index in [1.165, 1.54) is 10.4 Å². The Bertz CT molecular complexity index is 989. The van der Waals surface area contributed by atoms with Crippen molar-refractivity contribution in [2.45, 2.75) is 11.3 Å². The SMILES string of the molecule is O=C(CN1CCN(S(=O)(=O)c2ccc3c(c2)OCCCO3)CC1)Nc1ccccc1. The fourth-order valence-corrected chi connectivity index (χ4v) is 4.94. The Kier molecular flexibility index (Phi) is 6.21. The fraction of sp³-hybridized carbons (Fsp3) is 0.381. The van der Waals surface area contributed by atoms with Gasteiger partial charge in [0.15, 0.2) is 11.5 Å². The van der Waals surface area contributed by atoms with Gasteiger partial charge in [-0.3, -0.25) is 9.69 Å². The molecular weight excluding hydrogens is 406 g/mol. The molecule has 0 bridgehead atoms. The zero-order valence-corrected chi connectivity index (χ0v) is 17.4. The van der Waals surface area contributed by atoms with Crippen molar-refractivity contribution in [3.8, 4) is 11.5 Å². The molecule has 1 fully saturated rings. The molecular formula is C21H25N3O5S. The van der Waals surface area contributed by atoms with Crippen molar-refractivity contribution in [1.29, 1.82) is 0 Å². The highest BCUT2D eigenvalue weighted by atomic mass is 32.2. The number of nitrogens with zero attached hydrogens (tertiary/aromatic N) is 2. The monoisotopic (exact) mass is 431 g/mol. The number of carbonyl (C=O) groups excluding carboxylic acids is 1. The minimum atomic E-state index is -3.64. The van der Waals surface area contributed by atoms with Gasteiger partial charge < -0.3 is 14.8 Å². The second-order valence-electron chi connectivity index (χ2n) is 7.25. The van der Waals surface area contributed by atoms with Crippen molar-refractivity contribution in [3.05, 3.63) is 48.5 Å². The molecule has 0 aromatic heterocycles. The largest absolute Gasteiger partial charge is 0.490 e. The summed E-state index contributed by atoms with van der Waals surface area (Å²) in [5.74, 6) is 0.922. The highest BCUT2D eigenvalue weighted by Crippen LogP contribution is 2.33. The lowest BCUT2D eigenvalue weighted by atomic mass is 10.3. The van der Waals surface area contributed by atoms with Gasteiger partial charge in [0.2, 0.25) is 15.9 Å². The van der Waals surface area contributed by atoms with E-state index >= 15 is 0 Å². The lowest BCUT2D eigenvalue weighted by Gasteiger charge is -2.33. The van der Waals surface area contributed by atoms with Crippen molar-refractivity contribution in [2.24, 2.45) is 0 Å². The molecule has 0 atom stereocenters. The third-order valence-electron chi connectivity index (χ3n) is 5.11. The Morgan fingerprint density at radius 2 is 1.63 bits per heavy atom. The number of rotatable bonds is 5. The molecule has 0 aliphatic carbocycles. The van der Waals surface area contributed by atoms with Crippen molar-refractivity contribution in [2.75, 3.05) is 51.3 Å². The summed E-state index contributed by atoms with van der Waals surface area (Å²) in [6.07, 6.45) is 0.760. The Morgan fingerprint density at radius 1 is 0.933 bits per heavy atom. The Morgan fingerprint density at radius 3 is 2.37 bits per heavy atom. The van der Waals surface area contributed by atoms with E-state index in [4.69, 9.17) is 9.47 Å². The number of hydrogen-bond donors (Lipinski definition) is 1. The molecule has 1 N–H and O–H groups in total. The quantitative estimate of drug-likeness (QED) is 0.777. The summed E-state index contributed by atoms with van der Waals surface area (Å²) >= 11 is 0. The number of ether oxygens (including phenoxy) is 2. The van der Waals surface area contributed by atoms with Gasteiger partial charge in [-0.1, -0.05) is 18.2 Å². The number of para-hydroxylation sites is 1. The predicted octanol–water partition coefficient (Wildman–Crippen LogP) is 1.79. The van der Waals surface area contributed by atoms with Crippen LogP contribution in [0.4, 0.5) is 5.69 Å². The smallest absolute Gasteiger partial charge is 0.243 e. The van der Waals surface area contributed by atoms with Crippen LogP contribution in [0, 0.1) is 0 Å². The number of hydrogen-bond acceptors (Lipinski definition) is 6. The molecule has 0 radical (unpaired) electrons. The highest BCUT2D eigenvalue weighted by molar-refractivity contribution is 7.89. The van der Waals surface area contributed by atoms with E-state index in [1.54, 1.807) is 12.1 Å². The topological polar surface area (TPSA) is 88.2 Å². The maximum absolute atomic E-state index is 13.1. The van der Waals surface area contributed by atoms with E-state index in [9.17, 15) is 13.2 Å². The van der Waals surface area contributed by atoms with E-state index in [-0.39, 0.29) is 17.3 Å². The zero-order chi connectivity index (χ0) is 21.0. The van der Waals surface area contributed by atoms with Crippen LogP contribution in [0.3, 0.4) is 0 Å². The molecule has 0 saturated carbocycles. The molecule has 2 aliphatic rings. The average Bonchev–Trinajstić information content (AvgIpc) is 2.99. The van der Waals surface area contributed by atoms with Crippen LogP contribution in [0.25, 0.3) is 0 Å². The van der Waals surface area contributed by atoms with Crippen LogP contribution in [0.2, 0.25) is 0 Å². The first kappa shape index (κ1) is 20.6. The molecule has 30 heavy (non-hydrogen) atoms. The molecule has 2 aliphatic heterocycles. The van der Waals surface area contributed by atoms with Crippen LogP contribution in [-0.2, 0) is 14.8 Å². The second kappa shape index (κ2) is 9.03. The maximum atomic E-state index is 13.1. The summed E-state index contributed by atoms with van der Waals surface area (Å²) in [6, 6.07) is 14.0. The molecule has 1 amide bonds. The minimum Gasteiger partial charge on any atom is -0.490 e. The highest BCUT2D eigenvalue weighted by Gasteiger charge is 2.30. The van der Waals surface area contributed by atoms with Gasteiger partial charge in [0.1, 0.15) is 0 Å². The van der Waals surface area contributed by atoms with Crippen LogP contribution >= 0.6 is 0 Å². The van der Waals surface area contributed by atoms with Gasteiger partial charge in [-0.05, 0) is 24.3 Å². The Hall–Kier alpha value is -2.62. The van der Waals surface area contributed by atoms with Crippen molar-refractivity contribution < 1.29 is 22.7 Å². The lowest BCUT2D eigenvalue weighted by molar-refractivity contribution is -0.117. The van der Waals surface area contributed by atoms with E-state index in [0.717, 1.165) is 12.1 Å². The standard InChI is InChI=1S/C21H25N3O5S/c25-21(22-17-5-2-1-3-6-17)16-23-9-11-24(12-10-23)30(26,27)18-7-8-19-20(15-18)29-14-4-13-28-19/h1-3,5-8,15H,4,9-14,16H2,(H,22,25). The molecule has 4 rings (SSSR count). The number of nitrogens with one attached hydrogen (secondary N) is 1. The van der Waals surface area contributed by atoms with Gasteiger partial charge in [-0.25, -0.2) is 8.42 Å². The molecule has 2 heterocycles. The summed E-state index contributed by atoms with van der Waals surface area (Å²) in [6.45, 7) is 2.93. The van der Waals surface area contributed by atoms with Gasteiger partial charge in [0.05, 0.1) is 24.7 Å². The summed E-state index contributed by atoms with van der Waals surface area (Å²) in [5, 5.41) is 2.85. The van der Waals surface area contributed by atoms with Crippen molar-refractivity contribution in [1.82, 2.24) is 9.21 Å². The van der Waals surface area contributed by atoms with Gasteiger partial charge in [0, 0.05) is 44.4 Å². The Balaban J connectivity index is 1.35. The summed E-state index contributed by atoms with van der Waals surface area (Å²) in [5.41, 5.74) is 0.748. The summed E-state index contributed by atoms with van der Waals surface area (Å²) in [4.78, 5) is 14.4. The zero-order valence-electron chi connectivity index (χ0n) is 16.6. The first-order valence-corrected chi connectivity index (χ1v) is 11.4. The third-order valence-corrected chi connectivity index (χ3v) is 7.01. The number of anilines is 1. The molecule has 8 nitrogen and oxygen atoms in total. The predicted molar refractivity (Wildman–Crippen MR) is 112 cm³/mol. The molecule has 9 heteroatoms. The van der Waals surface area contributed by atoms with Gasteiger partial charge >= 0.3 is 0 Å². The number of piperazine rings is 1. The van der Waals surface area contributed by atoms with Crippen molar-refractivity contribution >= 4 is 21.6 Å². The molecule has 2 aromatic carbocycles. The van der Waals surface area contributed by atoms with Crippen molar-refractivity contribution in [3.63, 3.8) is 0 Å². The maximum Gasteiger partial charge on any atom is 0.243 e. The van der Waals surface area contributed by atoms with Crippen LogP contribution in [-0.4, -0.2) is 69.5 Å². The van der Waals surface area contributed by atoms with Crippen LogP contribution < -0.4 is 14.8 Å². The molecule has 160 valence electrons. The van der Waals surface area contributed by atoms with E-state index in [1.807, 2.05) is 35.2 Å². The number of fused-ring (bicyclic) bond motifs is 1. The third kappa shape index (κ3) is 4.75. The van der Waals surface area contributed by atoms with Gasteiger partial charge in [0.25, 0.3) is 0 Å². The first-order valence-electron chi connectivity index (χ1n) is 9.99. The lowest BCUT2D eigenvalue weighted by Crippen LogP contribution is -2.50. The number of benzene rings is 2. The van der Waals surface area contributed by atoms with Gasteiger partial charge in [-0.2, -0.15) is 4.31 Å². The molecule has 0 spiro atoms. The molecule has 0 unspecified atom stereocenters. The Labute approximate surface area is 176 Å². The minimum absolute atomic E-state index is 0.111. The number of carbonyl (C=O) groups is 1. The van der Waals surface area contributed by atoms with E-state index in [2.05, 4.69) is 5.32 Å². The van der Waals surface area contributed by atoms with Gasteiger partial charge in [-0.15, -0.1) is 0 Å². The summed E-state index contributed by atoms with van der Waals surface area (Å²) < 4.78 is 38.8. The summed E-state index contributed by atoms with van der Waals surface area (Å²) in [7, 11) is -3.64. The first-order chi connectivity index (χ1) is 14.5. The van der Waals surface area contributed by atoms with Crippen LogP contribution in [0.15, 0.2) is 53.4 Å². The number of amides is 1. The van der Waals surface area contributed by atoms with Crippen LogP contribution in [0.1, 0.15) is 6.42 Å². The van der Waals surface area contributed by atoms with E-state index in [0.29, 0.717) is 50.9 Å². The number of sulfonamides is 1. The average molecular weight is 432 g/mol. The molecule has 2 aromatic rings. The fourth-order valence-electron chi connectivity index (χ4n) is 3.51. The second-order valence-corrected chi connectivity index (χ2v) is 9.19. The van der Waals surface area contributed by atoms with E-state index < -0.39 is 10.0 Å². The molecule has 1 saturated heterocycles.